The molecule has 45 heavy (non-hydrogen) atoms. The molecule has 4 nitrogen and oxygen atoms in total. The highest BCUT2D eigenvalue weighted by Gasteiger charge is 2.31. The average molecular weight is 582 g/mol. The molecule has 3 N–H and O–H groups in total. The molecule has 3 unspecified atom stereocenters. The molecule has 1 saturated heterocycles. The second-order valence-electron chi connectivity index (χ2n) is 11.9. The molecule has 1 aliphatic heterocycles. The van der Waals surface area contributed by atoms with Crippen LogP contribution in [0.1, 0.15) is 35.2 Å². The summed E-state index contributed by atoms with van der Waals surface area (Å²) < 4.78 is 6.48. The van der Waals surface area contributed by atoms with Gasteiger partial charge < -0.3 is 4.42 Å². The van der Waals surface area contributed by atoms with Gasteiger partial charge in [-0.3, -0.25) is 16.0 Å². The van der Waals surface area contributed by atoms with Crippen molar-refractivity contribution in [2.24, 2.45) is 0 Å². The molecule has 0 amide bonds. The van der Waals surface area contributed by atoms with Crippen molar-refractivity contribution in [1.29, 1.82) is 0 Å². The van der Waals surface area contributed by atoms with Gasteiger partial charge in [0.2, 0.25) is 0 Å². The summed E-state index contributed by atoms with van der Waals surface area (Å²) in [6.45, 7) is 0. The molecular formula is C41H31N3O. The summed E-state index contributed by atoms with van der Waals surface area (Å²) in [5.41, 5.74) is 7.66. The third-order valence-corrected chi connectivity index (χ3v) is 9.18. The third kappa shape index (κ3) is 4.59. The van der Waals surface area contributed by atoms with Gasteiger partial charge in [-0.2, -0.15) is 0 Å². The van der Waals surface area contributed by atoms with Crippen LogP contribution in [0, 0.1) is 0 Å². The Hall–Kier alpha value is -5.26. The lowest BCUT2D eigenvalue weighted by Crippen LogP contribution is -2.54. The Labute approximate surface area is 261 Å². The van der Waals surface area contributed by atoms with Gasteiger partial charge in [0.15, 0.2) is 0 Å². The molecule has 0 aliphatic carbocycles. The predicted octanol–water partition coefficient (Wildman–Crippen LogP) is 9.74. The van der Waals surface area contributed by atoms with Gasteiger partial charge in [-0.25, -0.2) is 0 Å². The summed E-state index contributed by atoms with van der Waals surface area (Å²) >= 11 is 0. The van der Waals surface area contributed by atoms with E-state index in [1.165, 1.54) is 38.2 Å². The fraction of sp³-hybridized carbons (Fsp3) is 0.0732. The molecule has 8 aromatic rings. The van der Waals surface area contributed by atoms with E-state index in [0.29, 0.717) is 0 Å². The van der Waals surface area contributed by atoms with Crippen LogP contribution >= 0.6 is 0 Å². The maximum Gasteiger partial charge on any atom is 0.136 e. The highest BCUT2D eigenvalue weighted by Crippen LogP contribution is 2.38. The van der Waals surface area contributed by atoms with Crippen LogP contribution < -0.4 is 16.0 Å². The first kappa shape index (κ1) is 26.2. The van der Waals surface area contributed by atoms with Crippen molar-refractivity contribution < 1.29 is 4.42 Å². The topological polar surface area (TPSA) is 49.2 Å². The van der Waals surface area contributed by atoms with Gasteiger partial charge in [0.25, 0.3) is 0 Å². The Morgan fingerprint density at radius 3 is 1.96 bits per heavy atom. The van der Waals surface area contributed by atoms with E-state index in [4.69, 9.17) is 4.42 Å². The molecule has 0 spiro atoms. The molecule has 4 heteroatoms. The fourth-order valence-electron chi connectivity index (χ4n) is 6.97. The number of nitrogens with one attached hydrogen (secondary N) is 3. The minimum Gasteiger partial charge on any atom is -0.456 e. The largest absolute Gasteiger partial charge is 0.456 e. The first-order valence-corrected chi connectivity index (χ1v) is 15.5. The van der Waals surface area contributed by atoms with Crippen molar-refractivity contribution in [2.75, 3.05) is 0 Å². The minimum absolute atomic E-state index is 0.0622. The normalized spacial score (nSPS) is 18.6. The van der Waals surface area contributed by atoms with Crippen LogP contribution in [0.3, 0.4) is 0 Å². The second kappa shape index (κ2) is 10.7. The molecule has 0 radical (unpaired) electrons. The molecule has 0 saturated carbocycles. The van der Waals surface area contributed by atoms with Gasteiger partial charge in [0, 0.05) is 10.8 Å². The molecule has 216 valence electrons. The Morgan fingerprint density at radius 2 is 1.09 bits per heavy atom. The zero-order valence-corrected chi connectivity index (χ0v) is 24.6. The maximum absolute atomic E-state index is 6.48. The predicted molar refractivity (Wildman–Crippen MR) is 185 cm³/mol. The summed E-state index contributed by atoms with van der Waals surface area (Å²) in [5, 5.41) is 18.9. The van der Waals surface area contributed by atoms with E-state index in [1.807, 2.05) is 6.07 Å². The Bertz CT molecular complexity index is 2330. The van der Waals surface area contributed by atoms with Gasteiger partial charge >= 0.3 is 0 Å². The van der Waals surface area contributed by atoms with Crippen LogP contribution in [-0.2, 0) is 0 Å². The molecule has 1 aromatic heterocycles. The Morgan fingerprint density at radius 1 is 0.400 bits per heavy atom. The van der Waals surface area contributed by atoms with Crippen LogP contribution in [0.5, 0.6) is 0 Å². The van der Waals surface area contributed by atoms with E-state index >= 15 is 0 Å². The first-order chi connectivity index (χ1) is 22.3. The van der Waals surface area contributed by atoms with E-state index in [9.17, 15) is 0 Å². The van der Waals surface area contributed by atoms with Gasteiger partial charge in [-0.05, 0) is 73.6 Å². The molecule has 1 aliphatic rings. The SMILES string of the molecule is c1ccc(-c2ccc3c(c2)oc2cccc(C4NC(c5ccccc5)NC(c5ccc6c(ccc7ccccc76)c5)N4)c23)cc1. The number of rotatable bonds is 4. The number of benzene rings is 7. The van der Waals surface area contributed by atoms with Crippen molar-refractivity contribution in [3.63, 3.8) is 0 Å². The van der Waals surface area contributed by atoms with Crippen LogP contribution in [0.15, 0.2) is 156 Å². The van der Waals surface area contributed by atoms with Crippen LogP contribution in [0.25, 0.3) is 54.6 Å². The number of hydrogen-bond acceptors (Lipinski definition) is 4. The lowest BCUT2D eigenvalue weighted by molar-refractivity contribution is 0.204. The second-order valence-corrected chi connectivity index (χ2v) is 11.9. The first-order valence-electron chi connectivity index (χ1n) is 15.5. The quantitative estimate of drug-likeness (QED) is 0.181. The zero-order valence-electron chi connectivity index (χ0n) is 24.6. The summed E-state index contributed by atoms with van der Waals surface area (Å²) in [6, 6.07) is 53.9. The van der Waals surface area contributed by atoms with Crippen molar-refractivity contribution in [3.05, 3.63) is 168 Å². The Kier molecular flexibility index (Phi) is 6.23. The molecule has 7 aromatic carbocycles. The summed E-state index contributed by atoms with van der Waals surface area (Å²) in [5.74, 6) is 0. The van der Waals surface area contributed by atoms with Crippen molar-refractivity contribution >= 4 is 43.5 Å². The maximum atomic E-state index is 6.48. The summed E-state index contributed by atoms with van der Waals surface area (Å²) in [7, 11) is 0. The van der Waals surface area contributed by atoms with E-state index in [0.717, 1.165) is 33.1 Å². The molecule has 0 bridgehead atoms. The smallest absolute Gasteiger partial charge is 0.136 e. The van der Waals surface area contributed by atoms with Gasteiger partial charge in [0.1, 0.15) is 11.2 Å². The van der Waals surface area contributed by atoms with Crippen LogP contribution in [-0.4, -0.2) is 0 Å². The summed E-state index contributed by atoms with van der Waals surface area (Å²) in [6.07, 6.45) is -0.282. The van der Waals surface area contributed by atoms with Crippen molar-refractivity contribution in [3.8, 4) is 11.1 Å². The van der Waals surface area contributed by atoms with Gasteiger partial charge in [0.05, 0.1) is 18.5 Å². The lowest BCUT2D eigenvalue weighted by Gasteiger charge is -2.40. The number of fused-ring (bicyclic) bond motifs is 6. The van der Waals surface area contributed by atoms with E-state index in [2.05, 4.69) is 162 Å². The highest BCUT2D eigenvalue weighted by atomic mass is 16.3. The van der Waals surface area contributed by atoms with E-state index in [-0.39, 0.29) is 18.5 Å². The highest BCUT2D eigenvalue weighted by molar-refractivity contribution is 6.08. The monoisotopic (exact) mass is 581 g/mol. The standard InChI is InChI=1S/C41H31N3O/c1-3-10-26(11-4-1)29-20-23-34-37(25-29)45-36-17-9-16-35(38(34)36)41-43-39(28-13-5-2-6-14-28)42-40(44-41)31-21-22-33-30(24-31)19-18-27-12-7-8-15-32(27)33/h1-25,39-44H. The molecule has 9 rings (SSSR count). The van der Waals surface area contributed by atoms with Gasteiger partial charge in [-0.15, -0.1) is 0 Å². The lowest BCUT2D eigenvalue weighted by atomic mass is 9.97. The van der Waals surface area contributed by atoms with Crippen molar-refractivity contribution in [1.82, 2.24) is 16.0 Å². The average Bonchev–Trinajstić information content (AvgIpc) is 3.50. The molecule has 3 atom stereocenters. The van der Waals surface area contributed by atoms with Crippen LogP contribution in [0.4, 0.5) is 0 Å². The minimum atomic E-state index is -0.132. The van der Waals surface area contributed by atoms with E-state index in [1.54, 1.807) is 0 Å². The molecule has 2 heterocycles. The molecular weight excluding hydrogens is 550 g/mol. The van der Waals surface area contributed by atoms with Gasteiger partial charge in [-0.1, -0.05) is 127 Å². The van der Waals surface area contributed by atoms with Crippen LogP contribution in [0.2, 0.25) is 0 Å². The number of hydrogen-bond donors (Lipinski definition) is 3. The van der Waals surface area contributed by atoms with Crippen molar-refractivity contribution in [2.45, 2.75) is 18.5 Å². The number of furan rings is 1. The summed E-state index contributed by atoms with van der Waals surface area (Å²) in [4.78, 5) is 0. The Balaban J connectivity index is 1.15. The third-order valence-electron chi connectivity index (χ3n) is 9.18. The fourth-order valence-corrected chi connectivity index (χ4v) is 6.97. The van der Waals surface area contributed by atoms with E-state index < -0.39 is 0 Å². The molecule has 1 fully saturated rings. The zero-order chi connectivity index (χ0) is 29.7.